The third-order valence-corrected chi connectivity index (χ3v) is 6.82. The van der Waals surface area contributed by atoms with E-state index in [1.54, 1.807) is 4.90 Å². The van der Waals surface area contributed by atoms with Gasteiger partial charge in [0.25, 0.3) is 0 Å². The lowest BCUT2D eigenvalue weighted by atomic mass is 10.1. The van der Waals surface area contributed by atoms with Crippen LogP contribution >= 0.6 is 0 Å². The van der Waals surface area contributed by atoms with Gasteiger partial charge in [0.15, 0.2) is 0 Å². The molecule has 2 aromatic heterocycles. The molecule has 0 atom stereocenters. The first kappa shape index (κ1) is 23.5. The molecule has 1 aliphatic rings. The predicted octanol–water partition coefficient (Wildman–Crippen LogP) is 4.52. The number of nitrogens with zero attached hydrogens (tertiary/aromatic N) is 4. The Morgan fingerprint density at radius 3 is 2.55 bits per heavy atom. The number of carbonyl (C=O) groups excluding carboxylic acids is 1. The zero-order chi connectivity index (χ0) is 22.6. The lowest BCUT2D eigenvalue weighted by Crippen LogP contribution is -2.44. The minimum atomic E-state index is -1.10. The second-order valence-electron chi connectivity index (χ2n) is 10.3. The Morgan fingerprint density at radius 1 is 1.19 bits per heavy atom. The highest BCUT2D eigenvalue weighted by atomic mass is 28.3. The van der Waals surface area contributed by atoms with Crippen LogP contribution in [0.3, 0.4) is 0 Å². The summed E-state index contributed by atoms with van der Waals surface area (Å²) in [6.07, 6.45) is 4.73. The molecule has 0 N–H and O–H groups in total. The maximum Gasteiger partial charge on any atom is 0.410 e. The summed E-state index contributed by atoms with van der Waals surface area (Å²) in [6, 6.07) is 3.11. The summed E-state index contributed by atoms with van der Waals surface area (Å²) < 4.78 is 19.5. The zero-order valence-corrected chi connectivity index (χ0v) is 20.7. The van der Waals surface area contributed by atoms with Crippen LogP contribution < -0.4 is 4.74 Å². The van der Waals surface area contributed by atoms with Crippen molar-refractivity contribution in [3.05, 3.63) is 18.6 Å². The Bertz CT molecular complexity index is 880. The molecule has 3 heterocycles. The molecule has 1 fully saturated rings. The van der Waals surface area contributed by atoms with Gasteiger partial charge < -0.3 is 23.7 Å². The van der Waals surface area contributed by atoms with Crippen molar-refractivity contribution in [3.63, 3.8) is 0 Å². The lowest BCUT2D eigenvalue weighted by Gasteiger charge is -2.33. The number of rotatable bonds is 7. The number of aromatic nitrogens is 3. The first-order valence-electron chi connectivity index (χ1n) is 11.0. The van der Waals surface area contributed by atoms with Crippen LogP contribution in [0.15, 0.2) is 18.6 Å². The molecule has 0 radical (unpaired) electrons. The Labute approximate surface area is 185 Å². The Kier molecular flexibility index (Phi) is 7.26. The van der Waals surface area contributed by atoms with Crippen molar-refractivity contribution in [1.82, 2.24) is 19.4 Å². The average molecular weight is 449 g/mol. The van der Waals surface area contributed by atoms with Gasteiger partial charge in [0.05, 0.1) is 5.39 Å². The molecule has 0 aliphatic carbocycles. The summed E-state index contributed by atoms with van der Waals surface area (Å²) in [5, 5.41) is 0.880. The second kappa shape index (κ2) is 9.56. The van der Waals surface area contributed by atoms with Gasteiger partial charge in [-0.25, -0.2) is 14.8 Å². The standard InChI is InChI=1S/C22H36N4O4Si/c1-22(2,3)30-21(27)25-10-7-17(8-11-25)29-20-18-9-12-26(19(18)23-15-24-20)16-28-13-14-31(4,5)6/h9,12,15,17H,7-8,10-11,13-14,16H2,1-6H3. The Hall–Kier alpha value is -2.13. The Morgan fingerprint density at radius 2 is 1.90 bits per heavy atom. The summed E-state index contributed by atoms with van der Waals surface area (Å²) in [6.45, 7) is 15.1. The van der Waals surface area contributed by atoms with Gasteiger partial charge in [-0.15, -0.1) is 0 Å². The fourth-order valence-corrected chi connectivity index (χ4v) is 4.12. The van der Waals surface area contributed by atoms with Crippen molar-refractivity contribution in [2.75, 3.05) is 19.7 Å². The predicted molar refractivity (Wildman–Crippen MR) is 123 cm³/mol. The van der Waals surface area contributed by atoms with Crippen LogP contribution in [0.25, 0.3) is 11.0 Å². The van der Waals surface area contributed by atoms with Crippen molar-refractivity contribution in [2.24, 2.45) is 0 Å². The van der Waals surface area contributed by atoms with Gasteiger partial charge in [-0.3, -0.25) is 0 Å². The molecule has 31 heavy (non-hydrogen) atoms. The average Bonchev–Trinajstić information content (AvgIpc) is 3.08. The van der Waals surface area contributed by atoms with Crippen molar-refractivity contribution >= 4 is 25.2 Å². The van der Waals surface area contributed by atoms with Crippen molar-refractivity contribution in [1.29, 1.82) is 0 Å². The summed E-state index contributed by atoms with van der Waals surface area (Å²) in [4.78, 5) is 22.8. The first-order valence-corrected chi connectivity index (χ1v) is 14.7. The molecule has 1 saturated heterocycles. The van der Waals surface area contributed by atoms with Crippen LogP contribution in [0.1, 0.15) is 33.6 Å². The summed E-state index contributed by atoms with van der Waals surface area (Å²) in [5.74, 6) is 0.585. The number of hydrogen-bond donors (Lipinski definition) is 0. The smallest absolute Gasteiger partial charge is 0.410 e. The van der Waals surface area contributed by atoms with E-state index in [2.05, 4.69) is 29.6 Å². The van der Waals surface area contributed by atoms with Crippen molar-refractivity contribution in [2.45, 2.75) is 77.7 Å². The van der Waals surface area contributed by atoms with E-state index in [0.29, 0.717) is 25.7 Å². The number of amides is 1. The third kappa shape index (κ3) is 6.93. The summed E-state index contributed by atoms with van der Waals surface area (Å²) >= 11 is 0. The number of piperidine rings is 1. The van der Waals surface area contributed by atoms with Crippen LogP contribution in [0.5, 0.6) is 5.88 Å². The topological polar surface area (TPSA) is 78.7 Å². The maximum atomic E-state index is 12.2. The number of likely N-dealkylation sites (tertiary alicyclic amines) is 1. The molecule has 172 valence electrons. The molecule has 2 aromatic rings. The van der Waals surface area contributed by atoms with Gasteiger partial charge in [-0.05, 0) is 32.9 Å². The Balaban J connectivity index is 1.56. The fraction of sp³-hybridized carbons (Fsp3) is 0.682. The van der Waals surface area contributed by atoms with Crippen molar-refractivity contribution in [3.8, 4) is 5.88 Å². The van der Waals surface area contributed by atoms with Crippen LogP contribution in [-0.4, -0.2) is 65.0 Å². The van der Waals surface area contributed by atoms with Crippen molar-refractivity contribution < 1.29 is 19.0 Å². The SMILES string of the molecule is CC(C)(C)OC(=O)N1CCC(Oc2ncnc3c2ccn3COCC[Si](C)(C)C)CC1. The minimum Gasteiger partial charge on any atom is -0.474 e. The highest BCUT2D eigenvalue weighted by Gasteiger charge is 2.28. The molecule has 9 heteroatoms. The van der Waals surface area contributed by atoms with E-state index in [0.717, 1.165) is 36.5 Å². The highest BCUT2D eigenvalue weighted by Crippen LogP contribution is 2.26. The van der Waals surface area contributed by atoms with Gasteiger partial charge in [0.1, 0.15) is 30.4 Å². The van der Waals surface area contributed by atoms with Gasteiger partial charge >= 0.3 is 6.09 Å². The molecule has 1 aliphatic heterocycles. The molecule has 8 nitrogen and oxygen atoms in total. The van der Waals surface area contributed by atoms with Gasteiger partial charge in [-0.1, -0.05) is 19.6 Å². The van der Waals surface area contributed by atoms with Crippen LogP contribution in [0, 0.1) is 0 Å². The second-order valence-corrected chi connectivity index (χ2v) is 16.0. The molecular weight excluding hydrogens is 412 g/mol. The molecule has 0 saturated carbocycles. The molecule has 0 unspecified atom stereocenters. The summed E-state index contributed by atoms with van der Waals surface area (Å²) in [7, 11) is -1.10. The lowest BCUT2D eigenvalue weighted by molar-refractivity contribution is 0.0124. The normalized spacial score (nSPS) is 16.0. The van der Waals surface area contributed by atoms with Crippen LogP contribution in [-0.2, 0) is 16.2 Å². The van der Waals surface area contributed by atoms with Crippen LogP contribution in [0.4, 0.5) is 4.79 Å². The van der Waals surface area contributed by atoms with Gasteiger partial charge in [-0.2, -0.15) is 0 Å². The molecule has 0 spiro atoms. The van der Waals surface area contributed by atoms with E-state index in [1.165, 1.54) is 6.33 Å². The molecule has 0 aromatic carbocycles. The molecule has 3 rings (SSSR count). The van der Waals surface area contributed by atoms with E-state index in [1.807, 2.05) is 37.6 Å². The minimum absolute atomic E-state index is 0.00753. The molecule has 1 amide bonds. The third-order valence-electron chi connectivity index (χ3n) is 5.12. The first-order chi connectivity index (χ1) is 14.5. The van der Waals surface area contributed by atoms with E-state index in [9.17, 15) is 4.79 Å². The quantitative estimate of drug-likeness (QED) is 0.458. The summed E-state index contributed by atoms with van der Waals surface area (Å²) in [5.41, 5.74) is 0.326. The molecular formula is C22H36N4O4Si. The van der Waals surface area contributed by atoms with E-state index < -0.39 is 13.7 Å². The van der Waals surface area contributed by atoms with Gasteiger partial charge in [0.2, 0.25) is 5.88 Å². The highest BCUT2D eigenvalue weighted by molar-refractivity contribution is 6.76. The number of fused-ring (bicyclic) bond motifs is 1. The molecule has 0 bridgehead atoms. The van der Waals surface area contributed by atoms with E-state index in [-0.39, 0.29) is 12.2 Å². The van der Waals surface area contributed by atoms with Gasteiger partial charge in [0, 0.05) is 46.8 Å². The number of hydrogen-bond acceptors (Lipinski definition) is 6. The largest absolute Gasteiger partial charge is 0.474 e. The van der Waals surface area contributed by atoms with Crippen LogP contribution in [0.2, 0.25) is 25.7 Å². The zero-order valence-electron chi connectivity index (χ0n) is 19.7. The fourth-order valence-electron chi connectivity index (χ4n) is 3.36. The monoisotopic (exact) mass is 448 g/mol. The van der Waals surface area contributed by atoms with E-state index in [4.69, 9.17) is 14.2 Å². The van der Waals surface area contributed by atoms with E-state index >= 15 is 0 Å². The number of carbonyl (C=O) groups is 1. The number of ether oxygens (including phenoxy) is 3. The maximum absolute atomic E-state index is 12.2.